The maximum absolute atomic E-state index is 12.4. The summed E-state index contributed by atoms with van der Waals surface area (Å²) in [5.41, 5.74) is -0.467. The number of carbonyl (C=O) groups is 1. The standard InChI is InChI=1S/C27H36O3/c1-27(2,3)30-26(28)29-19-8-13-7-14(19)23-18-10-17(22(13)23)24-15-9-16(25(18)24)21-12-5-4-11(6-12)20(15)21/h4-5,11-25H,6-10H2,1-3H3. The Balaban J connectivity index is 1.06. The Morgan fingerprint density at radius 1 is 0.700 bits per heavy atom. The predicted molar refractivity (Wildman–Crippen MR) is 112 cm³/mol. The molecule has 0 aromatic heterocycles. The molecule has 8 aliphatic rings. The second-order valence-electron chi connectivity index (χ2n) is 13.6. The van der Waals surface area contributed by atoms with Crippen LogP contribution in [0, 0.1) is 82.9 Å². The Labute approximate surface area is 180 Å². The van der Waals surface area contributed by atoms with Gasteiger partial charge < -0.3 is 9.47 Å². The quantitative estimate of drug-likeness (QED) is 0.324. The Morgan fingerprint density at radius 2 is 1.27 bits per heavy atom. The molecule has 7 saturated carbocycles. The monoisotopic (exact) mass is 408 g/mol. The van der Waals surface area contributed by atoms with Gasteiger partial charge in [-0.15, -0.1) is 0 Å². The fraction of sp³-hybridized carbons (Fsp3) is 0.889. The number of ether oxygens (including phenoxy) is 2. The molecule has 0 amide bonds. The van der Waals surface area contributed by atoms with Crippen molar-refractivity contribution in [3.8, 4) is 0 Å². The van der Waals surface area contributed by atoms with E-state index in [9.17, 15) is 4.79 Å². The molecule has 30 heavy (non-hydrogen) atoms. The van der Waals surface area contributed by atoms with Crippen molar-refractivity contribution in [1.82, 2.24) is 0 Å². The third-order valence-corrected chi connectivity index (χ3v) is 11.8. The molecule has 0 aromatic carbocycles. The molecule has 162 valence electrons. The lowest BCUT2D eigenvalue weighted by atomic mass is 9.55. The number of carbonyl (C=O) groups excluding carboxylic acids is 1. The van der Waals surface area contributed by atoms with Gasteiger partial charge in [0.05, 0.1) is 0 Å². The zero-order valence-electron chi connectivity index (χ0n) is 18.6. The molecule has 15 atom stereocenters. The summed E-state index contributed by atoms with van der Waals surface area (Å²) in [7, 11) is 0. The van der Waals surface area contributed by atoms with Crippen LogP contribution in [0.1, 0.15) is 52.9 Å². The third kappa shape index (κ3) is 1.94. The fourth-order valence-corrected chi connectivity index (χ4v) is 12.0. The van der Waals surface area contributed by atoms with Crippen molar-refractivity contribution in [2.75, 3.05) is 0 Å². The lowest BCUT2D eigenvalue weighted by Gasteiger charge is -2.50. The molecule has 0 spiro atoms. The molecule has 15 unspecified atom stereocenters. The van der Waals surface area contributed by atoms with Gasteiger partial charge in [0.25, 0.3) is 0 Å². The van der Waals surface area contributed by atoms with Crippen LogP contribution in [-0.4, -0.2) is 17.9 Å². The Bertz CT molecular complexity index is 840. The van der Waals surface area contributed by atoms with E-state index in [0.717, 1.165) is 83.4 Å². The fourth-order valence-electron chi connectivity index (χ4n) is 12.0. The first-order chi connectivity index (χ1) is 14.4. The number of hydrogen-bond acceptors (Lipinski definition) is 3. The highest BCUT2D eigenvalue weighted by Gasteiger charge is 2.76. The number of fused-ring (bicyclic) bond motifs is 23. The molecular formula is C27H36O3. The lowest BCUT2D eigenvalue weighted by Crippen LogP contribution is -2.48. The maximum Gasteiger partial charge on any atom is 0.509 e. The van der Waals surface area contributed by atoms with Crippen molar-refractivity contribution in [3.63, 3.8) is 0 Å². The molecule has 0 saturated heterocycles. The highest BCUT2D eigenvalue weighted by molar-refractivity contribution is 5.60. The molecule has 0 N–H and O–H groups in total. The Kier molecular flexibility index (Phi) is 3.11. The molecule has 0 radical (unpaired) electrons. The summed E-state index contributed by atoms with van der Waals surface area (Å²) in [4.78, 5) is 12.4. The van der Waals surface area contributed by atoms with E-state index in [1.54, 1.807) is 6.42 Å². The van der Waals surface area contributed by atoms with E-state index in [-0.39, 0.29) is 6.10 Å². The molecule has 7 fully saturated rings. The van der Waals surface area contributed by atoms with Crippen molar-refractivity contribution in [2.24, 2.45) is 82.9 Å². The summed E-state index contributed by atoms with van der Waals surface area (Å²) in [5.74, 6) is 13.4. The van der Waals surface area contributed by atoms with Crippen molar-refractivity contribution in [1.29, 1.82) is 0 Å². The van der Waals surface area contributed by atoms with Crippen LogP contribution in [0.5, 0.6) is 0 Å². The van der Waals surface area contributed by atoms with Crippen LogP contribution in [0.25, 0.3) is 0 Å². The van der Waals surface area contributed by atoms with E-state index in [4.69, 9.17) is 9.47 Å². The van der Waals surface area contributed by atoms with E-state index in [0.29, 0.717) is 5.92 Å². The van der Waals surface area contributed by atoms with E-state index < -0.39 is 11.8 Å². The molecule has 8 bridgehead atoms. The number of rotatable bonds is 1. The maximum atomic E-state index is 12.4. The van der Waals surface area contributed by atoms with Gasteiger partial charge >= 0.3 is 6.16 Å². The zero-order chi connectivity index (χ0) is 20.1. The SMILES string of the molecule is CC(C)(C)OC(=O)OC1CC2CC1C1C3CC(C21)C1C2CC(C4C5C=CC(C5)C24)C31. The summed E-state index contributed by atoms with van der Waals surface area (Å²) < 4.78 is 11.4. The minimum absolute atomic E-state index is 0.126. The largest absolute Gasteiger partial charge is 0.509 e. The van der Waals surface area contributed by atoms with Crippen LogP contribution in [0.15, 0.2) is 12.2 Å². The summed E-state index contributed by atoms with van der Waals surface area (Å²) in [6.45, 7) is 5.78. The van der Waals surface area contributed by atoms with Crippen molar-refractivity contribution >= 4 is 6.16 Å². The topological polar surface area (TPSA) is 35.5 Å². The third-order valence-electron chi connectivity index (χ3n) is 11.8. The van der Waals surface area contributed by atoms with Gasteiger partial charge in [-0.25, -0.2) is 4.79 Å². The van der Waals surface area contributed by atoms with Gasteiger partial charge in [-0.05, 0) is 136 Å². The van der Waals surface area contributed by atoms with E-state index in [2.05, 4.69) is 12.2 Å². The van der Waals surface area contributed by atoms with Gasteiger partial charge in [-0.3, -0.25) is 0 Å². The number of allylic oxidation sites excluding steroid dienone is 2. The molecule has 8 rings (SSSR count). The minimum atomic E-state index is -0.467. The molecule has 0 aromatic rings. The van der Waals surface area contributed by atoms with Crippen LogP contribution in [0.4, 0.5) is 4.79 Å². The van der Waals surface area contributed by atoms with Gasteiger partial charge in [-0.1, -0.05) is 12.2 Å². The summed E-state index contributed by atoms with van der Waals surface area (Å²) in [6.07, 6.45) is 11.9. The zero-order valence-corrected chi connectivity index (χ0v) is 18.6. The Morgan fingerprint density at radius 3 is 1.90 bits per heavy atom. The highest BCUT2D eigenvalue weighted by Crippen LogP contribution is 2.80. The Hall–Kier alpha value is -0.990. The highest BCUT2D eigenvalue weighted by atomic mass is 16.7. The normalized spacial score (nSPS) is 62.2. The summed E-state index contributed by atoms with van der Waals surface area (Å²) in [5, 5.41) is 0. The molecule has 3 nitrogen and oxygen atoms in total. The smallest absolute Gasteiger partial charge is 0.431 e. The van der Waals surface area contributed by atoms with Crippen LogP contribution in [0.2, 0.25) is 0 Å². The average Bonchev–Trinajstić information content (AvgIpc) is 3.51. The molecule has 0 heterocycles. The summed E-state index contributed by atoms with van der Waals surface area (Å²) >= 11 is 0. The first-order valence-electron chi connectivity index (χ1n) is 13.0. The second-order valence-corrected chi connectivity index (χ2v) is 13.6. The first-order valence-corrected chi connectivity index (χ1v) is 13.0. The minimum Gasteiger partial charge on any atom is -0.431 e. The number of hydrogen-bond donors (Lipinski definition) is 0. The van der Waals surface area contributed by atoms with E-state index >= 15 is 0 Å². The molecule has 3 heteroatoms. The summed E-state index contributed by atoms with van der Waals surface area (Å²) in [6, 6.07) is 0. The average molecular weight is 409 g/mol. The van der Waals surface area contributed by atoms with Crippen LogP contribution < -0.4 is 0 Å². The van der Waals surface area contributed by atoms with Crippen molar-refractivity contribution in [2.45, 2.75) is 64.6 Å². The van der Waals surface area contributed by atoms with E-state index in [1.807, 2.05) is 20.8 Å². The van der Waals surface area contributed by atoms with Crippen LogP contribution in [0.3, 0.4) is 0 Å². The van der Waals surface area contributed by atoms with Gasteiger partial charge in [0.1, 0.15) is 11.7 Å². The first kappa shape index (κ1) is 17.6. The molecule has 0 aliphatic heterocycles. The van der Waals surface area contributed by atoms with Gasteiger partial charge in [0, 0.05) is 0 Å². The van der Waals surface area contributed by atoms with Crippen molar-refractivity contribution < 1.29 is 14.3 Å². The van der Waals surface area contributed by atoms with E-state index in [1.165, 1.54) is 19.3 Å². The molecule has 8 aliphatic carbocycles. The van der Waals surface area contributed by atoms with Crippen molar-refractivity contribution in [3.05, 3.63) is 12.2 Å². The lowest BCUT2D eigenvalue weighted by molar-refractivity contribution is -0.0740. The van der Waals surface area contributed by atoms with Crippen LogP contribution in [-0.2, 0) is 9.47 Å². The van der Waals surface area contributed by atoms with Crippen LogP contribution >= 0.6 is 0 Å². The van der Waals surface area contributed by atoms with Gasteiger partial charge in [-0.2, -0.15) is 0 Å². The van der Waals surface area contributed by atoms with Gasteiger partial charge in [0.2, 0.25) is 0 Å². The second kappa shape index (κ2) is 5.31. The molecular weight excluding hydrogens is 372 g/mol. The van der Waals surface area contributed by atoms with Gasteiger partial charge in [0.15, 0.2) is 0 Å². The predicted octanol–water partition coefficient (Wildman–Crippen LogP) is 5.55.